The van der Waals surface area contributed by atoms with Crippen LogP contribution in [0.5, 0.6) is 0 Å². The zero-order valence-corrected chi connectivity index (χ0v) is 5.20. The summed E-state index contributed by atoms with van der Waals surface area (Å²) < 4.78 is 9.05. The maximum absolute atomic E-state index is 11.2. The Labute approximate surface area is 48.2 Å². The molecule has 0 aliphatic carbocycles. The molecule has 5 heavy (non-hydrogen) atoms. The minimum atomic E-state index is -2.13. The molecule has 0 amide bonds. The van der Waals surface area contributed by atoms with Crippen LogP contribution in [-0.2, 0) is 0 Å². The molecule has 0 aromatic heterocycles. The van der Waals surface area contributed by atoms with Crippen LogP contribution in [0.4, 0.5) is 4.39 Å². The first-order chi connectivity index (χ1) is 2.00. The molecule has 0 rings (SSSR count). The van der Waals surface area contributed by atoms with Gasteiger partial charge in [-0.1, -0.05) is 11.6 Å². The molecule has 1 unspecified atom stereocenters. The van der Waals surface area contributed by atoms with E-state index in [0.29, 0.717) is 0 Å². The number of alkyl halides is 3. The highest BCUT2D eigenvalue weighted by Gasteiger charge is 2.12. The average Bonchev–Trinajstić information content (AvgIpc) is 0.722. The molecule has 0 saturated heterocycles. The highest BCUT2D eigenvalue weighted by Crippen LogP contribution is 2.28. The van der Waals surface area contributed by atoms with Crippen LogP contribution in [0.25, 0.3) is 0 Å². The van der Waals surface area contributed by atoms with E-state index in [9.17, 15) is 4.39 Å². The van der Waals surface area contributed by atoms with E-state index in [4.69, 9.17) is 0 Å². The smallest absolute Gasteiger partial charge is 0.200 e. The van der Waals surface area contributed by atoms with E-state index < -0.39 is 3.37 Å². The molecular formula is CBrClFS. The molecule has 0 aliphatic rings. The standard InChI is InChI=1S/CBrClFS/c2-1(3,4)5. The van der Waals surface area contributed by atoms with Crippen LogP contribution in [0, 0.1) is 0 Å². The van der Waals surface area contributed by atoms with Gasteiger partial charge in [-0.15, -0.1) is 0 Å². The topological polar surface area (TPSA) is 0 Å². The predicted molar refractivity (Wildman–Crippen MR) is 26.2 cm³/mol. The largest absolute Gasteiger partial charge is 0.294 e. The summed E-state index contributed by atoms with van der Waals surface area (Å²) in [4.78, 5) is 0. The molecule has 4 heteroatoms. The predicted octanol–water partition coefficient (Wildman–Crippen LogP) is 2.40. The Hall–Kier alpha value is 1.05. The van der Waals surface area contributed by atoms with Gasteiger partial charge in [-0.2, -0.15) is 4.39 Å². The van der Waals surface area contributed by atoms with E-state index in [-0.39, 0.29) is 0 Å². The average molecular weight is 178 g/mol. The minimum absolute atomic E-state index is 2.13. The molecule has 1 radical (unpaired) electrons. The number of rotatable bonds is 0. The zero-order valence-electron chi connectivity index (χ0n) is 2.04. The molecule has 0 aliphatic heterocycles. The quantitative estimate of drug-likeness (QED) is 0.500. The number of hydrogen-bond donors (Lipinski definition) is 0. The SMILES string of the molecule is FC([S])(Cl)Br. The number of hydrogen-bond acceptors (Lipinski definition) is 0. The lowest BCUT2D eigenvalue weighted by Crippen LogP contribution is -1.83. The van der Waals surface area contributed by atoms with Crippen LogP contribution >= 0.6 is 40.2 Å². The van der Waals surface area contributed by atoms with Crippen LogP contribution in [-0.4, -0.2) is 3.37 Å². The lowest BCUT2D eigenvalue weighted by atomic mass is 11.8. The summed E-state index contributed by atoms with van der Waals surface area (Å²) in [6.45, 7) is 0. The number of halogens is 3. The first-order valence-corrected chi connectivity index (χ1v) is 2.35. The summed E-state index contributed by atoms with van der Waals surface area (Å²) in [5.41, 5.74) is 0. The van der Waals surface area contributed by atoms with Gasteiger partial charge >= 0.3 is 0 Å². The van der Waals surface area contributed by atoms with Crippen molar-refractivity contribution in [3.63, 3.8) is 0 Å². The van der Waals surface area contributed by atoms with Crippen molar-refractivity contribution in [2.24, 2.45) is 0 Å². The van der Waals surface area contributed by atoms with E-state index in [2.05, 4.69) is 40.2 Å². The van der Waals surface area contributed by atoms with Gasteiger partial charge in [-0.3, -0.25) is 0 Å². The third-order valence-electron chi connectivity index (χ3n) is 0. The molecule has 0 heterocycles. The fourth-order valence-electron chi connectivity index (χ4n) is 0. The van der Waals surface area contributed by atoms with Crippen molar-refractivity contribution >= 4 is 40.2 Å². The van der Waals surface area contributed by atoms with Gasteiger partial charge in [0.1, 0.15) is 0 Å². The maximum atomic E-state index is 11.2. The second kappa shape index (κ2) is 1.67. The lowest BCUT2D eigenvalue weighted by Gasteiger charge is -1.90. The molecule has 0 N–H and O–H groups in total. The van der Waals surface area contributed by atoms with Crippen LogP contribution < -0.4 is 0 Å². The first kappa shape index (κ1) is 6.05. The van der Waals surface area contributed by atoms with Crippen LogP contribution in [0.3, 0.4) is 0 Å². The van der Waals surface area contributed by atoms with Gasteiger partial charge in [0, 0.05) is 0 Å². The Morgan fingerprint density at radius 3 is 2.00 bits per heavy atom. The van der Waals surface area contributed by atoms with Gasteiger partial charge in [0.15, 0.2) is 0 Å². The molecule has 0 bridgehead atoms. The van der Waals surface area contributed by atoms with Crippen LogP contribution in [0.2, 0.25) is 0 Å². The van der Waals surface area contributed by atoms with Crippen molar-refractivity contribution in [1.29, 1.82) is 0 Å². The van der Waals surface area contributed by atoms with Gasteiger partial charge < -0.3 is 0 Å². The molecule has 0 spiro atoms. The van der Waals surface area contributed by atoms with E-state index in [0.717, 1.165) is 0 Å². The highest BCUT2D eigenvalue weighted by atomic mass is 79.9. The first-order valence-electron chi connectivity index (χ1n) is 0.771. The van der Waals surface area contributed by atoms with Gasteiger partial charge in [-0.25, -0.2) is 0 Å². The third-order valence-corrected chi connectivity index (χ3v) is 0. The van der Waals surface area contributed by atoms with Crippen molar-refractivity contribution in [2.75, 3.05) is 0 Å². The van der Waals surface area contributed by atoms with Crippen LogP contribution in [0.15, 0.2) is 0 Å². The molecule has 0 aromatic carbocycles. The van der Waals surface area contributed by atoms with E-state index >= 15 is 0 Å². The van der Waals surface area contributed by atoms with Crippen molar-refractivity contribution in [1.82, 2.24) is 0 Å². The summed E-state index contributed by atoms with van der Waals surface area (Å²) in [6, 6.07) is 0. The Kier molecular flexibility index (Phi) is 2.02. The third kappa shape index (κ3) is 42.6. The molecule has 0 fully saturated rings. The maximum Gasteiger partial charge on any atom is 0.294 e. The van der Waals surface area contributed by atoms with Gasteiger partial charge in [0.25, 0.3) is 3.37 Å². The summed E-state index contributed by atoms with van der Waals surface area (Å²) in [5, 5.41) is 0. The van der Waals surface area contributed by atoms with Crippen LogP contribution in [0.1, 0.15) is 0 Å². The van der Waals surface area contributed by atoms with Gasteiger partial charge in [0.05, 0.1) is 0 Å². The Morgan fingerprint density at radius 2 is 2.00 bits per heavy atom. The second-order valence-corrected chi connectivity index (χ2v) is 3.83. The normalized spacial score (nSPS) is 21.6. The fraction of sp³-hybridized carbons (Fsp3) is 1.00. The Bertz CT molecular complexity index is 27.1. The van der Waals surface area contributed by atoms with E-state index in [1.54, 1.807) is 0 Å². The molecular weight excluding hydrogens is 178 g/mol. The second-order valence-electron chi connectivity index (χ2n) is 0.446. The molecule has 0 aromatic rings. The summed E-state index contributed by atoms with van der Waals surface area (Å²) in [6.07, 6.45) is 0. The monoisotopic (exact) mass is 177 g/mol. The Balaban J connectivity index is 3.02. The van der Waals surface area contributed by atoms with Gasteiger partial charge in [-0.05, 0) is 28.6 Å². The molecule has 0 saturated carbocycles. The van der Waals surface area contributed by atoms with Crippen molar-refractivity contribution in [2.45, 2.75) is 3.37 Å². The van der Waals surface area contributed by atoms with Crippen molar-refractivity contribution in [3.05, 3.63) is 0 Å². The molecule has 0 nitrogen and oxygen atoms in total. The highest BCUT2D eigenvalue weighted by molar-refractivity contribution is 9.12. The van der Waals surface area contributed by atoms with E-state index in [1.165, 1.54) is 0 Å². The zero-order chi connectivity index (χ0) is 4.50. The summed E-state index contributed by atoms with van der Waals surface area (Å²) >= 11 is 10.7. The minimum Gasteiger partial charge on any atom is -0.200 e. The summed E-state index contributed by atoms with van der Waals surface area (Å²) in [7, 11) is 0. The molecule has 1 atom stereocenters. The van der Waals surface area contributed by atoms with Crippen molar-refractivity contribution in [3.8, 4) is 0 Å². The van der Waals surface area contributed by atoms with Gasteiger partial charge in [0.2, 0.25) is 0 Å². The summed E-state index contributed by atoms with van der Waals surface area (Å²) in [5.74, 6) is 0. The fourth-order valence-corrected chi connectivity index (χ4v) is 0. The molecule has 31 valence electrons. The lowest BCUT2D eigenvalue weighted by molar-refractivity contribution is 0.536. The van der Waals surface area contributed by atoms with Crippen molar-refractivity contribution < 1.29 is 4.39 Å². The Morgan fingerprint density at radius 1 is 2.00 bits per heavy atom. The van der Waals surface area contributed by atoms with E-state index in [1.807, 2.05) is 0 Å².